The second-order valence-electron chi connectivity index (χ2n) is 5.53. The van der Waals surface area contributed by atoms with Crippen LogP contribution >= 0.6 is 15.9 Å². The molecule has 1 heterocycles. The van der Waals surface area contributed by atoms with Crippen molar-refractivity contribution in [3.05, 3.63) is 69.8 Å². The summed E-state index contributed by atoms with van der Waals surface area (Å²) in [6, 6.07) is 12.9. The van der Waals surface area contributed by atoms with Crippen LogP contribution in [0.2, 0.25) is 0 Å². The Bertz CT molecular complexity index is 1010. The van der Waals surface area contributed by atoms with E-state index in [1.807, 2.05) is 0 Å². The number of halogens is 4. The van der Waals surface area contributed by atoms with Crippen molar-refractivity contribution < 1.29 is 18.0 Å². The molecule has 0 amide bonds. The Morgan fingerprint density at radius 2 is 1.48 bits per heavy atom. The van der Waals surface area contributed by atoms with Crippen molar-refractivity contribution in [3.8, 4) is 22.4 Å². The van der Waals surface area contributed by atoms with Crippen molar-refractivity contribution >= 4 is 21.7 Å². The summed E-state index contributed by atoms with van der Waals surface area (Å²) in [7, 11) is 0. The van der Waals surface area contributed by atoms with E-state index in [1.165, 1.54) is 12.1 Å². The van der Waals surface area contributed by atoms with E-state index in [2.05, 4.69) is 26.1 Å². The lowest BCUT2D eigenvalue weighted by Gasteiger charge is -2.14. The van der Waals surface area contributed by atoms with Crippen molar-refractivity contribution in [2.45, 2.75) is 6.18 Å². The molecule has 1 aliphatic carbocycles. The van der Waals surface area contributed by atoms with Crippen molar-refractivity contribution in [1.29, 1.82) is 0 Å². The number of aromatic nitrogens is 2. The van der Waals surface area contributed by atoms with Crippen LogP contribution in [0.5, 0.6) is 0 Å². The molecule has 25 heavy (non-hydrogen) atoms. The van der Waals surface area contributed by atoms with Crippen LogP contribution in [0.1, 0.15) is 21.6 Å². The van der Waals surface area contributed by atoms with Crippen LogP contribution in [0.25, 0.3) is 22.4 Å². The molecule has 0 spiro atoms. The van der Waals surface area contributed by atoms with Crippen molar-refractivity contribution in [2.24, 2.45) is 0 Å². The molecule has 0 saturated carbocycles. The quantitative estimate of drug-likeness (QED) is 0.441. The van der Waals surface area contributed by atoms with E-state index >= 15 is 0 Å². The van der Waals surface area contributed by atoms with Crippen LogP contribution < -0.4 is 0 Å². The van der Waals surface area contributed by atoms with Gasteiger partial charge in [0.25, 0.3) is 0 Å². The third kappa shape index (κ3) is 2.46. The lowest BCUT2D eigenvalue weighted by molar-refractivity contribution is -0.141. The zero-order chi connectivity index (χ0) is 17.8. The van der Waals surface area contributed by atoms with Crippen molar-refractivity contribution in [2.75, 3.05) is 0 Å². The highest BCUT2D eigenvalue weighted by atomic mass is 79.9. The summed E-state index contributed by atoms with van der Waals surface area (Å²) in [5.41, 5.74) is -0.146. The number of alkyl halides is 3. The molecule has 3 nitrogen and oxygen atoms in total. The van der Waals surface area contributed by atoms with Gasteiger partial charge in [-0.25, -0.2) is 0 Å². The van der Waals surface area contributed by atoms with E-state index in [4.69, 9.17) is 0 Å². The van der Waals surface area contributed by atoms with E-state index in [1.54, 1.807) is 36.4 Å². The van der Waals surface area contributed by atoms with E-state index < -0.39 is 17.7 Å². The lowest BCUT2D eigenvalue weighted by Crippen LogP contribution is -2.15. The summed E-state index contributed by atoms with van der Waals surface area (Å²) >= 11 is 3.26. The number of hydrogen-bond acceptors (Lipinski definition) is 3. The number of rotatable bonds is 1. The molecule has 0 unspecified atom stereocenters. The third-order valence-corrected chi connectivity index (χ3v) is 4.56. The van der Waals surface area contributed by atoms with Gasteiger partial charge in [0.15, 0.2) is 11.5 Å². The van der Waals surface area contributed by atoms with Gasteiger partial charge in [-0.05, 0) is 17.7 Å². The van der Waals surface area contributed by atoms with Gasteiger partial charge < -0.3 is 0 Å². The van der Waals surface area contributed by atoms with Crippen LogP contribution in [0.15, 0.2) is 53.0 Å². The number of carbonyl (C=O) groups is 1. The topological polar surface area (TPSA) is 42.9 Å². The van der Waals surface area contributed by atoms with Crippen LogP contribution in [0, 0.1) is 0 Å². The van der Waals surface area contributed by atoms with Gasteiger partial charge in [-0.1, -0.05) is 52.3 Å². The lowest BCUT2D eigenvalue weighted by atomic mass is 9.96. The fourth-order valence-corrected chi connectivity index (χ4v) is 3.23. The molecule has 1 aromatic heterocycles. The number of nitrogens with zero attached hydrogens (tertiary/aromatic N) is 2. The molecule has 2 aromatic carbocycles. The van der Waals surface area contributed by atoms with Gasteiger partial charge in [0.1, 0.15) is 5.69 Å². The van der Waals surface area contributed by atoms with Gasteiger partial charge in [0.05, 0.1) is 5.56 Å². The summed E-state index contributed by atoms with van der Waals surface area (Å²) in [4.78, 5) is 12.8. The molecular weight excluding hydrogens is 397 g/mol. The SMILES string of the molecule is O=C1c2ccccc2-c2nnc(C(F)(F)F)c(-c3ccc(Br)cc3)c21. The number of carbonyl (C=O) groups excluding carboxylic acids is 1. The smallest absolute Gasteiger partial charge is 0.288 e. The average Bonchev–Trinajstić information content (AvgIpc) is 2.88. The van der Waals surface area contributed by atoms with Gasteiger partial charge in [-0.3, -0.25) is 4.79 Å². The first-order valence-electron chi connectivity index (χ1n) is 7.26. The van der Waals surface area contributed by atoms with E-state index in [9.17, 15) is 18.0 Å². The van der Waals surface area contributed by atoms with Crippen LogP contribution in [0.4, 0.5) is 13.2 Å². The van der Waals surface area contributed by atoms with Crippen LogP contribution in [-0.2, 0) is 6.18 Å². The number of benzene rings is 2. The Kier molecular flexibility index (Phi) is 3.50. The molecule has 0 N–H and O–H groups in total. The maximum Gasteiger partial charge on any atom is 0.435 e. The molecule has 3 aromatic rings. The van der Waals surface area contributed by atoms with Gasteiger partial charge >= 0.3 is 6.18 Å². The van der Waals surface area contributed by atoms with Gasteiger partial charge in [0, 0.05) is 21.2 Å². The summed E-state index contributed by atoms with van der Waals surface area (Å²) in [6.45, 7) is 0. The molecule has 0 radical (unpaired) electrons. The third-order valence-electron chi connectivity index (χ3n) is 4.03. The first kappa shape index (κ1) is 16.0. The molecule has 4 rings (SSSR count). The largest absolute Gasteiger partial charge is 0.435 e. The monoisotopic (exact) mass is 404 g/mol. The highest BCUT2D eigenvalue weighted by molar-refractivity contribution is 9.10. The normalized spacial score (nSPS) is 12.9. The van der Waals surface area contributed by atoms with Gasteiger partial charge in [0.2, 0.25) is 0 Å². The van der Waals surface area contributed by atoms with E-state index in [-0.39, 0.29) is 22.4 Å². The molecule has 0 atom stereocenters. The van der Waals surface area contributed by atoms with E-state index in [0.29, 0.717) is 11.1 Å². The number of fused-ring (bicyclic) bond motifs is 3. The van der Waals surface area contributed by atoms with Crippen LogP contribution in [0.3, 0.4) is 0 Å². The Hall–Kier alpha value is -2.54. The fourth-order valence-electron chi connectivity index (χ4n) is 2.96. The van der Waals surface area contributed by atoms with Crippen molar-refractivity contribution in [1.82, 2.24) is 10.2 Å². The van der Waals surface area contributed by atoms with Crippen LogP contribution in [-0.4, -0.2) is 16.0 Å². The second kappa shape index (κ2) is 5.49. The summed E-state index contributed by atoms with van der Waals surface area (Å²) in [6.07, 6.45) is -4.72. The molecule has 0 saturated heterocycles. The highest BCUT2D eigenvalue weighted by Gasteiger charge is 2.42. The maximum absolute atomic E-state index is 13.5. The number of hydrogen-bond donors (Lipinski definition) is 0. The standard InChI is InChI=1S/C18H8BrF3N2O/c19-10-7-5-9(6-8-10)13-14-15(23-24-17(13)18(20,21)22)11-3-1-2-4-12(11)16(14)25/h1-8H. The summed E-state index contributed by atoms with van der Waals surface area (Å²) < 4.78 is 41.3. The predicted molar refractivity (Wildman–Crippen MR) is 89.0 cm³/mol. The van der Waals surface area contributed by atoms with Gasteiger partial charge in [-0.15, -0.1) is 10.2 Å². The summed E-state index contributed by atoms with van der Waals surface area (Å²) in [5, 5.41) is 7.14. The molecule has 0 aliphatic heterocycles. The second-order valence-corrected chi connectivity index (χ2v) is 6.44. The van der Waals surface area contributed by atoms with E-state index in [0.717, 1.165) is 4.47 Å². The fraction of sp³-hybridized carbons (Fsp3) is 0.0556. The molecule has 1 aliphatic rings. The molecular formula is C18H8BrF3N2O. The molecule has 124 valence electrons. The Morgan fingerprint density at radius 1 is 0.840 bits per heavy atom. The average molecular weight is 405 g/mol. The first-order valence-corrected chi connectivity index (χ1v) is 8.05. The first-order chi connectivity index (χ1) is 11.9. The van der Waals surface area contributed by atoms with Gasteiger partial charge in [-0.2, -0.15) is 13.2 Å². The highest BCUT2D eigenvalue weighted by Crippen LogP contribution is 2.44. The Labute approximate surface area is 148 Å². The predicted octanol–water partition coefficient (Wildman–Crippen LogP) is 5.14. The zero-order valence-electron chi connectivity index (χ0n) is 12.4. The zero-order valence-corrected chi connectivity index (χ0v) is 14.0. The molecule has 7 heteroatoms. The summed E-state index contributed by atoms with van der Waals surface area (Å²) in [5.74, 6) is -0.469. The minimum atomic E-state index is -4.72. The Balaban J connectivity index is 2.08. The maximum atomic E-state index is 13.5. The van der Waals surface area contributed by atoms with Crippen molar-refractivity contribution in [3.63, 3.8) is 0 Å². The Morgan fingerprint density at radius 3 is 2.12 bits per heavy atom. The minimum absolute atomic E-state index is 0.0501. The molecule has 0 bridgehead atoms. The number of ketones is 1. The minimum Gasteiger partial charge on any atom is -0.288 e. The molecule has 0 fully saturated rings.